The first kappa shape index (κ1) is 9.61. The number of nitrogens with one attached hydrogen (secondary N) is 1. The van der Waals surface area contributed by atoms with Crippen LogP contribution in [0.15, 0.2) is 0 Å². The molecule has 2 N–H and O–H groups in total. The lowest BCUT2D eigenvalue weighted by molar-refractivity contribution is -0.151. The van der Waals surface area contributed by atoms with Gasteiger partial charge in [0, 0.05) is 18.5 Å². The summed E-state index contributed by atoms with van der Waals surface area (Å²) >= 11 is 0. The van der Waals surface area contributed by atoms with E-state index in [1.807, 2.05) is 0 Å². The maximum Gasteiger partial charge on any atom is 0.317 e. The quantitative estimate of drug-likeness (QED) is 0.411. The predicted octanol–water partition coefficient (Wildman–Crippen LogP) is -1.16. The van der Waals surface area contributed by atoms with Gasteiger partial charge in [0.15, 0.2) is 0 Å². The van der Waals surface area contributed by atoms with Crippen molar-refractivity contribution in [1.29, 1.82) is 0 Å². The number of ether oxygens (including phenoxy) is 1. The number of piperidine rings is 1. The Morgan fingerprint density at radius 3 is 2.93 bits per heavy atom. The second-order valence-corrected chi connectivity index (χ2v) is 3.85. The minimum atomic E-state index is -0.728. The van der Waals surface area contributed by atoms with Crippen molar-refractivity contribution in [2.24, 2.45) is 5.92 Å². The van der Waals surface area contributed by atoms with Crippen LogP contribution in [0.3, 0.4) is 0 Å². The van der Waals surface area contributed by atoms with E-state index in [1.54, 1.807) is 0 Å². The Morgan fingerprint density at radius 2 is 2.29 bits per heavy atom. The van der Waals surface area contributed by atoms with Crippen LogP contribution in [0.4, 0.5) is 0 Å². The topological polar surface area (TPSA) is 75.6 Å². The van der Waals surface area contributed by atoms with Gasteiger partial charge in [-0.1, -0.05) is 0 Å². The van der Waals surface area contributed by atoms with Crippen LogP contribution in [0.1, 0.15) is 12.8 Å². The molecule has 4 atom stereocenters. The SMILES string of the molecule is COC(=O)C1C(=O)CC2NC1CC2O. The number of esters is 1. The molecular formula is C9H13NO4. The maximum atomic E-state index is 11.5. The largest absolute Gasteiger partial charge is 0.468 e. The molecule has 0 spiro atoms. The molecule has 0 radical (unpaired) electrons. The van der Waals surface area contributed by atoms with Crippen molar-refractivity contribution in [2.45, 2.75) is 31.0 Å². The number of Topliss-reactive ketones (excluding diaryl/α,β-unsaturated/α-hetero) is 1. The third kappa shape index (κ3) is 1.33. The van der Waals surface area contributed by atoms with Gasteiger partial charge in [0.25, 0.3) is 0 Å². The minimum Gasteiger partial charge on any atom is -0.468 e. The summed E-state index contributed by atoms with van der Waals surface area (Å²) < 4.78 is 4.56. The van der Waals surface area contributed by atoms with E-state index in [4.69, 9.17) is 0 Å². The lowest BCUT2D eigenvalue weighted by atomic mass is 9.91. The normalized spacial score (nSPS) is 41.1. The Morgan fingerprint density at radius 1 is 1.57 bits per heavy atom. The summed E-state index contributed by atoms with van der Waals surface area (Å²) in [6.07, 6.45) is 0.159. The zero-order valence-electron chi connectivity index (χ0n) is 7.90. The Balaban J connectivity index is 2.18. The van der Waals surface area contributed by atoms with E-state index in [9.17, 15) is 14.7 Å². The van der Waals surface area contributed by atoms with Gasteiger partial charge in [-0.2, -0.15) is 0 Å². The van der Waals surface area contributed by atoms with Crippen LogP contribution >= 0.6 is 0 Å². The van der Waals surface area contributed by atoms with E-state index in [-0.39, 0.29) is 24.3 Å². The highest BCUT2D eigenvalue weighted by Gasteiger charge is 2.48. The molecule has 5 nitrogen and oxygen atoms in total. The molecule has 5 heteroatoms. The number of carbonyl (C=O) groups is 2. The number of aliphatic hydroxyl groups is 1. The van der Waals surface area contributed by atoms with Crippen molar-refractivity contribution >= 4 is 11.8 Å². The molecule has 2 bridgehead atoms. The lowest BCUT2D eigenvalue weighted by Gasteiger charge is -2.26. The van der Waals surface area contributed by atoms with E-state index in [0.717, 1.165) is 0 Å². The number of carbonyl (C=O) groups excluding carboxylic acids is 2. The first-order valence-corrected chi connectivity index (χ1v) is 4.68. The summed E-state index contributed by atoms with van der Waals surface area (Å²) in [5, 5.41) is 12.6. The van der Waals surface area contributed by atoms with Gasteiger partial charge in [0.1, 0.15) is 11.7 Å². The van der Waals surface area contributed by atoms with Crippen molar-refractivity contribution in [3.05, 3.63) is 0 Å². The first-order valence-electron chi connectivity index (χ1n) is 4.68. The fourth-order valence-electron chi connectivity index (χ4n) is 2.30. The molecule has 2 aliphatic heterocycles. The fraction of sp³-hybridized carbons (Fsp3) is 0.778. The van der Waals surface area contributed by atoms with Crippen LogP contribution in [0.2, 0.25) is 0 Å². The molecular weight excluding hydrogens is 186 g/mol. The second-order valence-electron chi connectivity index (χ2n) is 3.85. The summed E-state index contributed by atoms with van der Waals surface area (Å²) in [6, 6.07) is -0.419. The molecule has 0 aromatic carbocycles. The molecule has 0 aromatic heterocycles. The molecule has 2 saturated heterocycles. The van der Waals surface area contributed by atoms with Crippen LogP contribution in [0.5, 0.6) is 0 Å². The summed E-state index contributed by atoms with van der Waals surface area (Å²) in [4.78, 5) is 22.9. The summed E-state index contributed by atoms with van der Waals surface area (Å²) in [5.74, 6) is -1.35. The molecule has 0 saturated carbocycles. The number of aliphatic hydroxyl groups excluding tert-OH is 1. The Bertz CT molecular complexity index is 276. The molecule has 14 heavy (non-hydrogen) atoms. The number of rotatable bonds is 1. The Hall–Kier alpha value is -0.940. The fourth-order valence-corrected chi connectivity index (χ4v) is 2.30. The van der Waals surface area contributed by atoms with Crippen molar-refractivity contribution in [3.63, 3.8) is 0 Å². The smallest absolute Gasteiger partial charge is 0.317 e. The van der Waals surface area contributed by atoms with Gasteiger partial charge in [0.2, 0.25) is 0 Å². The van der Waals surface area contributed by atoms with Crippen LogP contribution < -0.4 is 5.32 Å². The maximum absolute atomic E-state index is 11.5. The van der Waals surface area contributed by atoms with Crippen molar-refractivity contribution in [3.8, 4) is 0 Å². The molecule has 2 aliphatic rings. The Labute approximate surface area is 81.4 Å². The van der Waals surface area contributed by atoms with Crippen molar-refractivity contribution in [2.75, 3.05) is 7.11 Å². The summed E-state index contributed by atoms with van der Waals surface area (Å²) in [6.45, 7) is 0. The van der Waals surface area contributed by atoms with Gasteiger partial charge in [-0.25, -0.2) is 0 Å². The number of fused-ring (bicyclic) bond motifs is 2. The Kier molecular flexibility index (Phi) is 2.28. The average molecular weight is 199 g/mol. The summed E-state index contributed by atoms with van der Waals surface area (Å²) in [5.41, 5.74) is 0. The molecule has 0 aliphatic carbocycles. The van der Waals surface area contributed by atoms with Gasteiger partial charge >= 0.3 is 5.97 Å². The van der Waals surface area contributed by atoms with Crippen LogP contribution in [0.25, 0.3) is 0 Å². The zero-order valence-corrected chi connectivity index (χ0v) is 7.90. The monoisotopic (exact) mass is 199 g/mol. The standard InChI is InChI=1S/C9H13NO4/c1-14-9(13)8-5-3-6(11)4(10-5)2-7(8)12/h4-6,8,10-11H,2-3H2,1H3. The van der Waals surface area contributed by atoms with Crippen LogP contribution in [-0.4, -0.2) is 42.2 Å². The predicted molar refractivity (Wildman–Crippen MR) is 46.5 cm³/mol. The number of ketones is 1. The van der Waals surface area contributed by atoms with Crippen molar-refractivity contribution in [1.82, 2.24) is 5.32 Å². The molecule has 2 heterocycles. The lowest BCUT2D eigenvalue weighted by Crippen LogP contribution is -2.50. The highest BCUT2D eigenvalue weighted by atomic mass is 16.5. The zero-order chi connectivity index (χ0) is 10.3. The molecule has 78 valence electrons. The van der Waals surface area contributed by atoms with E-state index < -0.39 is 18.0 Å². The number of hydrogen-bond donors (Lipinski definition) is 2. The van der Waals surface area contributed by atoms with Crippen molar-refractivity contribution < 1.29 is 19.4 Å². The van der Waals surface area contributed by atoms with Gasteiger partial charge in [-0.3, -0.25) is 9.59 Å². The minimum absolute atomic E-state index is 0.123. The molecule has 2 rings (SSSR count). The van der Waals surface area contributed by atoms with Gasteiger partial charge in [0.05, 0.1) is 13.2 Å². The molecule has 0 aromatic rings. The summed E-state index contributed by atoms with van der Waals surface area (Å²) in [7, 11) is 1.27. The van der Waals surface area contributed by atoms with E-state index in [1.165, 1.54) is 7.11 Å². The van der Waals surface area contributed by atoms with Crippen LogP contribution in [0, 0.1) is 5.92 Å². The van der Waals surface area contributed by atoms with Gasteiger partial charge in [-0.15, -0.1) is 0 Å². The average Bonchev–Trinajstić information content (AvgIpc) is 2.43. The second kappa shape index (κ2) is 3.33. The van der Waals surface area contributed by atoms with E-state index in [2.05, 4.69) is 10.1 Å². The highest BCUT2D eigenvalue weighted by molar-refractivity contribution is 6.01. The van der Waals surface area contributed by atoms with E-state index in [0.29, 0.717) is 6.42 Å². The van der Waals surface area contributed by atoms with Gasteiger partial charge < -0.3 is 15.2 Å². The first-order chi connectivity index (χ1) is 6.63. The third-order valence-electron chi connectivity index (χ3n) is 3.01. The van der Waals surface area contributed by atoms with E-state index >= 15 is 0 Å². The number of hydrogen-bond acceptors (Lipinski definition) is 5. The molecule has 4 unspecified atom stereocenters. The molecule has 0 amide bonds. The van der Waals surface area contributed by atoms with Crippen LogP contribution in [-0.2, 0) is 14.3 Å². The highest BCUT2D eigenvalue weighted by Crippen LogP contribution is 2.29. The number of methoxy groups -OCH3 is 1. The third-order valence-corrected chi connectivity index (χ3v) is 3.01. The van der Waals surface area contributed by atoms with Gasteiger partial charge in [-0.05, 0) is 6.42 Å². The molecule has 2 fully saturated rings.